The maximum atomic E-state index is 13.0. The molecule has 2 aromatic heterocycles. The highest BCUT2D eigenvalue weighted by atomic mass is 32.1. The Morgan fingerprint density at radius 2 is 2.14 bits per heavy atom. The fourth-order valence-corrected chi connectivity index (χ4v) is 3.66. The Morgan fingerprint density at radius 3 is 2.79 bits per heavy atom. The third-order valence-corrected chi connectivity index (χ3v) is 5.73. The first-order valence-corrected chi connectivity index (χ1v) is 10.2. The molecule has 2 heterocycles. The Bertz CT molecular complexity index is 1020. The summed E-state index contributed by atoms with van der Waals surface area (Å²) in [6.45, 7) is 2.32. The van der Waals surface area contributed by atoms with Crippen molar-refractivity contribution in [3.63, 3.8) is 0 Å². The van der Waals surface area contributed by atoms with Crippen molar-refractivity contribution >= 4 is 28.1 Å². The molecule has 1 saturated carbocycles. The quantitative estimate of drug-likeness (QED) is 0.578. The molecule has 0 radical (unpaired) electrons. The summed E-state index contributed by atoms with van der Waals surface area (Å²) < 4.78 is 44.8. The number of fused-ring (bicyclic) bond motifs is 1. The van der Waals surface area contributed by atoms with Crippen molar-refractivity contribution in [3.05, 3.63) is 46.0 Å². The van der Waals surface area contributed by atoms with Gasteiger partial charge in [0, 0.05) is 39.0 Å². The third-order valence-electron chi connectivity index (χ3n) is 5.10. The third kappa shape index (κ3) is 4.72. The van der Waals surface area contributed by atoms with Crippen LogP contribution in [0.4, 0.5) is 13.2 Å². The second-order valence-corrected chi connectivity index (χ2v) is 8.36. The minimum atomic E-state index is -4.35. The predicted molar refractivity (Wildman–Crippen MR) is 104 cm³/mol. The Labute approximate surface area is 169 Å². The summed E-state index contributed by atoms with van der Waals surface area (Å²) in [4.78, 5) is 19.4. The van der Waals surface area contributed by atoms with E-state index in [1.807, 2.05) is 6.92 Å². The first kappa shape index (κ1) is 19.8. The van der Waals surface area contributed by atoms with E-state index in [2.05, 4.69) is 15.3 Å². The van der Waals surface area contributed by atoms with E-state index < -0.39 is 12.6 Å². The first-order chi connectivity index (χ1) is 13.7. The van der Waals surface area contributed by atoms with Crippen LogP contribution in [-0.2, 0) is 24.4 Å². The highest BCUT2D eigenvalue weighted by molar-refractivity contribution is 7.07. The Morgan fingerprint density at radius 1 is 1.34 bits per heavy atom. The van der Waals surface area contributed by atoms with Crippen molar-refractivity contribution in [1.82, 2.24) is 15.3 Å². The number of rotatable bonds is 7. The number of carbonyl (C=O) groups is 1. The zero-order valence-corrected chi connectivity index (χ0v) is 16.5. The van der Waals surface area contributed by atoms with Crippen molar-refractivity contribution in [2.24, 2.45) is 5.41 Å². The van der Waals surface area contributed by atoms with Gasteiger partial charge in [-0.2, -0.15) is 13.2 Å². The van der Waals surface area contributed by atoms with Crippen molar-refractivity contribution < 1.29 is 22.7 Å². The van der Waals surface area contributed by atoms with Gasteiger partial charge >= 0.3 is 6.18 Å². The number of nitrogens with one attached hydrogen (secondary N) is 2. The largest absolute Gasteiger partial charge is 0.487 e. The molecule has 154 valence electrons. The predicted octanol–water partition coefficient (Wildman–Crippen LogP) is 4.72. The van der Waals surface area contributed by atoms with Crippen LogP contribution in [-0.4, -0.2) is 22.1 Å². The molecule has 5 nitrogen and oxygen atoms in total. The zero-order chi connectivity index (χ0) is 20.6. The summed E-state index contributed by atoms with van der Waals surface area (Å²) in [5.41, 5.74) is 3.49. The molecule has 0 aliphatic heterocycles. The smallest absolute Gasteiger partial charge is 0.393 e. The van der Waals surface area contributed by atoms with Crippen LogP contribution in [0.15, 0.2) is 29.1 Å². The molecular weight excluding hydrogens is 403 g/mol. The second kappa shape index (κ2) is 7.37. The number of carbonyl (C=O) groups excluding carboxylic acids is 1. The van der Waals surface area contributed by atoms with Crippen LogP contribution in [0.5, 0.6) is 5.75 Å². The molecule has 1 aliphatic rings. The van der Waals surface area contributed by atoms with Crippen molar-refractivity contribution in [3.8, 4) is 5.75 Å². The molecule has 1 aromatic carbocycles. The molecule has 3 aromatic rings. The number of aromatic amines is 1. The van der Waals surface area contributed by atoms with Gasteiger partial charge in [0.15, 0.2) is 0 Å². The number of hydrogen-bond acceptors (Lipinski definition) is 4. The topological polar surface area (TPSA) is 67.0 Å². The van der Waals surface area contributed by atoms with Gasteiger partial charge in [0.1, 0.15) is 12.4 Å². The van der Waals surface area contributed by atoms with Crippen LogP contribution in [0.3, 0.4) is 0 Å². The summed E-state index contributed by atoms with van der Waals surface area (Å²) in [6.07, 6.45) is -3.66. The Balaban J connectivity index is 1.56. The van der Waals surface area contributed by atoms with E-state index in [4.69, 9.17) is 4.74 Å². The lowest BCUT2D eigenvalue weighted by molar-refractivity contribution is -0.127. The average molecular weight is 423 g/mol. The number of hydrogen-bond donors (Lipinski definition) is 2. The van der Waals surface area contributed by atoms with Crippen molar-refractivity contribution in [2.75, 3.05) is 0 Å². The second-order valence-electron chi connectivity index (χ2n) is 7.65. The van der Waals surface area contributed by atoms with Gasteiger partial charge in [0.05, 0.1) is 24.2 Å². The number of alkyl halides is 3. The van der Waals surface area contributed by atoms with Gasteiger partial charge in [-0.25, -0.2) is 4.98 Å². The number of aromatic nitrogens is 2. The number of amides is 1. The highest BCUT2D eigenvalue weighted by Gasteiger charge is 2.44. The lowest BCUT2D eigenvalue weighted by Crippen LogP contribution is -2.29. The van der Waals surface area contributed by atoms with Crippen molar-refractivity contribution in [1.29, 1.82) is 0 Å². The minimum Gasteiger partial charge on any atom is -0.487 e. The molecule has 29 heavy (non-hydrogen) atoms. The van der Waals surface area contributed by atoms with Gasteiger partial charge in [-0.1, -0.05) is 6.92 Å². The van der Waals surface area contributed by atoms with Crippen LogP contribution in [0.2, 0.25) is 0 Å². The molecule has 0 spiro atoms. The lowest BCUT2D eigenvalue weighted by atomic mass is 10.1. The average Bonchev–Trinajstić information content (AvgIpc) is 3.06. The number of thiazole rings is 1. The molecule has 1 aliphatic carbocycles. The van der Waals surface area contributed by atoms with E-state index in [0.717, 1.165) is 18.5 Å². The molecule has 1 fully saturated rings. The highest BCUT2D eigenvalue weighted by Crippen LogP contribution is 2.45. The van der Waals surface area contributed by atoms with E-state index in [1.165, 1.54) is 17.4 Å². The zero-order valence-electron chi connectivity index (χ0n) is 15.7. The van der Waals surface area contributed by atoms with Gasteiger partial charge in [0.25, 0.3) is 0 Å². The summed E-state index contributed by atoms with van der Waals surface area (Å²) in [5.74, 6) is 0.173. The van der Waals surface area contributed by atoms with Crippen LogP contribution < -0.4 is 10.1 Å². The van der Waals surface area contributed by atoms with E-state index in [1.54, 1.807) is 23.0 Å². The monoisotopic (exact) mass is 423 g/mol. The standard InChI is InChI=1S/C20H20F3N3O2S/c1-19(2-3-19)18(27)24-8-14-5-12-4-13(7-20(21,22)23)17(6-16(12)26-14)28-9-15-10-29-11-25-15/h4-6,10-11,26H,2-3,7-9H2,1H3,(H,24,27). The first-order valence-electron chi connectivity index (χ1n) is 9.21. The van der Waals surface area contributed by atoms with Gasteiger partial charge in [-0.05, 0) is 25.0 Å². The van der Waals surface area contributed by atoms with Crippen LogP contribution in [0, 0.1) is 5.41 Å². The molecule has 0 bridgehead atoms. The number of halogens is 3. The van der Waals surface area contributed by atoms with Gasteiger partial charge in [0.2, 0.25) is 5.91 Å². The SMILES string of the molecule is CC1(C(=O)NCc2cc3cc(CC(F)(F)F)c(OCc4cscn4)cc3[nH]2)CC1. The van der Waals surface area contributed by atoms with Gasteiger partial charge < -0.3 is 15.0 Å². The summed E-state index contributed by atoms with van der Waals surface area (Å²) in [6, 6.07) is 4.83. The fraction of sp³-hybridized carbons (Fsp3) is 0.400. The van der Waals surface area contributed by atoms with Gasteiger partial charge in [-0.3, -0.25) is 4.79 Å². The molecular formula is C20H20F3N3O2S. The van der Waals surface area contributed by atoms with Crippen molar-refractivity contribution in [2.45, 2.75) is 45.5 Å². The van der Waals surface area contributed by atoms with Gasteiger partial charge in [-0.15, -0.1) is 11.3 Å². The normalized spacial score (nSPS) is 15.4. The van der Waals surface area contributed by atoms with E-state index in [0.29, 0.717) is 23.1 Å². The summed E-state index contributed by atoms with van der Waals surface area (Å²) >= 11 is 1.40. The molecule has 0 atom stereocenters. The lowest BCUT2D eigenvalue weighted by Gasteiger charge is -2.13. The molecule has 9 heteroatoms. The maximum Gasteiger partial charge on any atom is 0.393 e. The Kier molecular flexibility index (Phi) is 5.02. The number of benzene rings is 1. The molecule has 1 amide bonds. The van der Waals surface area contributed by atoms with E-state index in [9.17, 15) is 18.0 Å². The Hall–Kier alpha value is -2.55. The molecule has 0 unspecified atom stereocenters. The van der Waals surface area contributed by atoms with Crippen LogP contribution >= 0.6 is 11.3 Å². The summed E-state index contributed by atoms with van der Waals surface area (Å²) in [7, 11) is 0. The summed E-state index contributed by atoms with van der Waals surface area (Å²) in [5, 5.41) is 5.32. The molecule has 0 saturated heterocycles. The molecule has 4 rings (SSSR count). The maximum absolute atomic E-state index is 13.0. The van der Waals surface area contributed by atoms with Crippen LogP contribution in [0.25, 0.3) is 10.9 Å². The molecule has 2 N–H and O–H groups in total. The van der Waals surface area contributed by atoms with Crippen LogP contribution in [0.1, 0.15) is 36.7 Å². The fourth-order valence-electron chi connectivity index (χ4n) is 3.12. The number of ether oxygens (including phenoxy) is 1. The number of nitrogens with zero attached hydrogens (tertiary/aromatic N) is 1. The van der Waals surface area contributed by atoms with E-state index in [-0.39, 0.29) is 29.2 Å². The number of H-pyrrole nitrogens is 1. The minimum absolute atomic E-state index is 0.00111. The van der Waals surface area contributed by atoms with E-state index >= 15 is 0 Å².